The van der Waals surface area contributed by atoms with E-state index in [2.05, 4.69) is 27.0 Å². The second-order valence-corrected chi connectivity index (χ2v) is 9.23. The highest BCUT2D eigenvalue weighted by Crippen LogP contribution is 2.50. The number of rotatable bonds is 3. The fraction of sp³-hybridized carbons (Fsp3) is 0.565. The lowest BCUT2D eigenvalue weighted by Gasteiger charge is -2.36. The number of fused-ring (bicyclic) bond motifs is 1. The van der Waals surface area contributed by atoms with E-state index in [1.807, 2.05) is 0 Å². The van der Waals surface area contributed by atoms with Gasteiger partial charge in [0.2, 0.25) is 0 Å². The predicted octanol–water partition coefficient (Wildman–Crippen LogP) is 4.51. The average molecular weight is 432 g/mol. The van der Waals surface area contributed by atoms with Crippen LogP contribution in [0.3, 0.4) is 0 Å². The van der Waals surface area contributed by atoms with Crippen molar-refractivity contribution in [3.05, 3.63) is 34.4 Å². The number of hydrogen-bond donors (Lipinski definition) is 1. The van der Waals surface area contributed by atoms with E-state index < -0.39 is 11.7 Å². The molecule has 0 spiro atoms. The highest BCUT2D eigenvalue weighted by molar-refractivity contribution is 5.77. The summed E-state index contributed by atoms with van der Waals surface area (Å²) >= 11 is 0. The molecule has 0 amide bonds. The van der Waals surface area contributed by atoms with Gasteiger partial charge in [0.25, 0.3) is 0 Å². The van der Waals surface area contributed by atoms with Crippen molar-refractivity contribution in [1.82, 2.24) is 15.1 Å². The molecular weight excluding hydrogens is 405 g/mol. The predicted molar refractivity (Wildman–Crippen MR) is 112 cm³/mol. The summed E-state index contributed by atoms with van der Waals surface area (Å²) in [7, 11) is 2.14. The van der Waals surface area contributed by atoms with Crippen LogP contribution in [-0.2, 0) is 12.6 Å². The molecule has 1 saturated carbocycles. The molecule has 0 unspecified atom stereocenters. The first-order chi connectivity index (χ1) is 14.7. The number of benzene rings is 1. The van der Waals surface area contributed by atoms with Crippen LogP contribution in [0.15, 0.2) is 12.1 Å². The maximum absolute atomic E-state index is 13.2. The van der Waals surface area contributed by atoms with Gasteiger partial charge in [0.15, 0.2) is 5.82 Å². The Bertz CT molecular complexity index is 996. The Kier molecular flexibility index (Phi) is 4.88. The molecule has 2 fully saturated rings. The van der Waals surface area contributed by atoms with Crippen LogP contribution in [-0.4, -0.2) is 52.9 Å². The monoisotopic (exact) mass is 432 g/mol. The van der Waals surface area contributed by atoms with Crippen LogP contribution in [0.25, 0.3) is 11.3 Å². The first-order valence-corrected chi connectivity index (χ1v) is 11.0. The summed E-state index contributed by atoms with van der Waals surface area (Å²) in [6, 6.07) is 2.30. The molecule has 2 aromatic rings. The summed E-state index contributed by atoms with van der Waals surface area (Å²) in [4.78, 5) is 4.71. The second kappa shape index (κ2) is 7.36. The van der Waals surface area contributed by atoms with Crippen LogP contribution < -0.4 is 4.90 Å². The van der Waals surface area contributed by atoms with Gasteiger partial charge < -0.3 is 14.9 Å². The molecule has 1 saturated heterocycles. The van der Waals surface area contributed by atoms with Crippen LogP contribution in [0.1, 0.15) is 53.9 Å². The summed E-state index contributed by atoms with van der Waals surface area (Å²) in [6.07, 6.45) is 0.731. The van der Waals surface area contributed by atoms with E-state index in [9.17, 15) is 18.3 Å². The number of aryl methyl sites for hydroxylation is 1. The van der Waals surface area contributed by atoms with Crippen molar-refractivity contribution in [2.45, 2.75) is 57.2 Å². The lowest BCUT2D eigenvalue weighted by atomic mass is 9.93. The molecule has 31 heavy (non-hydrogen) atoms. The number of nitrogens with zero attached hydrogens (tertiary/aromatic N) is 4. The molecule has 1 aliphatic carbocycles. The Morgan fingerprint density at radius 2 is 1.87 bits per heavy atom. The number of phenols is 1. The van der Waals surface area contributed by atoms with Gasteiger partial charge in [-0.25, -0.2) is 0 Å². The van der Waals surface area contributed by atoms with Crippen molar-refractivity contribution in [1.29, 1.82) is 0 Å². The van der Waals surface area contributed by atoms with E-state index in [0.29, 0.717) is 28.8 Å². The maximum Gasteiger partial charge on any atom is 0.416 e. The molecule has 5 rings (SSSR count). The van der Waals surface area contributed by atoms with Gasteiger partial charge in [-0.3, -0.25) is 0 Å². The van der Waals surface area contributed by atoms with Crippen molar-refractivity contribution in [2.75, 3.05) is 31.6 Å². The molecule has 0 radical (unpaired) electrons. The van der Waals surface area contributed by atoms with Crippen LogP contribution in [0, 0.1) is 6.92 Å². The van der Waals surface area contributed by atoms with Gasteiger partial charge in [0.05, 0.1) is 5.56 Å². The van der Waals surface area contributed by atoms with Gasteiger partial charge >= 0.3 is 6.18 Å². The van der Waals surface area contributed by atoms with Crippen LogP contribution in [0.2, 0.25) is 0 Å². The Labute approximate surface area is 179 Å². The number of anilines is 1. The third-order valence-corrected chi connectivity index (χ3v) is 6.87. The Balaban J connectivity index is 1.58. The molecular formula is C23H27F3N4O. The number of aromatic hydroxyl groups is 1. The molecule has 166 valence electrons. The molecule has 1 atom stereocenters. The smallest absolute Gasteiger partial charge is 0.416 e. The number of likely N-dealkylation sites (tertiary alicyclic amines) is 1. The summed E-state index contributed by atoms with van der Waals surface area (Å²) < 4.78 is 39.5. The number of phenolic OH excluding ortho intramolecular Hbond substituents is 1. The van der Waals surface area contributed by atoms with E-state index in [4.69, 9.17) is 0 Å². The Morgan fingerprint density at radius 1 is 1.10 bits per heavy atom. The number of alkyl halides is 3. The molecule has 1 N–H and O–H groups in total. The molecule has 2 aliphatic heterocycles. The van der Waals surface area contributed by atoms with Gasteiger partial charge in [-0.15, -0.1) is 10.2 Å². The van der Waals surface area contributed by atoms with Crippen molar-refractivity contribution in [2.24, 2.45) is 0 Å². The van der Waals surface area contributed by atoms with Crippen LogP contribution in [0.5, 0.6) is 5.75 Å². The third kappa shape index (κ3) is 3.64. The van der Waals surface area contributed by atoms with E-state index in [1.54, 1.807) is 6.92 Å². The zero-order chi connectivity index (χ0) is 21.9. The molecule has 0 bridgehead atoms. The van der Waals surface area contributed by atoms with Crippen molar-refractivity contribution >= 4 is 5.82 Å². The van der Waals surface area contributed by atoms with Gasteiger partial charge in [-0.1, -0.05) is 0 Å². The minimum absolute atomic E-state index is 0.342. The second-order valence-electron chi connectivity index (χ2n) is 9.23. The topological polar surface area (TPSA) is 52.5 Å². The molecule has 1 aromatic carbocycles. The Hall–Kier alpha value is -2.35. The first-order valence-electron chi connectivity index (χ1n) is 11.0. The number of likely N-dealkylation sites (N-methyl/N-ethyl adjacent to an activating group) is 1. The molecule has 3 aliphatic rings. The largest absolute Gasteiger partial charge is 0.507 e. The van der Waals surface area contributed by atoms with E-state index in [0.717, 1.165) is 75.3 Å². The van der Waals surface area contributed by atoms with Gasteiger partial charge in [0, 0.05) is 30.3 Å². The number of hydrogen-bond acceptors (Lipinski definition) is 5. The van der Waals surface area contributed by atoms with Crippen LogP contribution in [0.4, 0.5) is 19.0 Å². The summed E-state index contributed by atoms with van der Waals surface area (Å²) in [5, 5.41) is 19.6. The van der Waals surface area contributed by atoms with E-state index in [1.165, 1.54) is 5.56 Å². The standard InChI is InChI=1S/C23H27F3N4O/c1-13-10-15(23(24,25)26)11-18(31)19(13)21-20(14-5-6-14)17-7-9-30(22(17)28-27-21)16-4-3-8-29(2)12-16/h10-11,14,16,31H,3-9,12H2,1-2H3/t16-/m1/s1. The summed E-state index contributed by atoms with van der Waals surface area (Å²) in [5.41, 5.74) is 2.69. The molecule has 3 heterocycles. The third-order valence-electron chi connectivity index (χ3n) is 6.87. The number of halogens is 3. The number of piperidine rings is 1. The first kappa shape index (κ1) is 20.5. The SMILES string of the molecule is Cc1cc(C(F)(F)F)cc(O)c1-c1nnc2c(c1C1CC1)CCN2[C@@H]1CCCN(C)C1. The normalized spacial score (nSPS) is 22.1. The van der Waals surface area contributed by atoms with Crippen molar-refractivity contribution < 1.29 is 18.3 Å². The molecule has 1 aromatic heterocycles. The maximum atomic E-state index is 13.2. The zero-order valence-corrected chi connectivity index (χ0v) is 17.8. The lowest BCUT2D eigenvalue weighted by Crippen LogP contribution is -2.46. The van der Waals surface area contributed by atoms with E-state index >= 15 is 0 Å². The van der Waals surface area contributed by atoms with Gasteiger partial charge in [0.1, 0.15) is 11.4 Å². The van der Waals surface area contributed by atoms with Gasteiger partial charge in [-0.05, 0) is 81.8 Å². The highest BCUT2D eigenvalue weighted by Gasteiger charge is 2.39. The van der Waals surface area contributed by atoms with Crippen molar-refractivity contribution in [3.8, 4) is 17.0 Å². The van der Waals surface area contributed by atoms with Crippen molar-refractivity contribution in [3.63, 3.8) is 0 Å². The Morgan fingerprint density at radius 3 is 2.52 bits per heavy atom. The summed E-state index contributed by atoms with van der Waals surface area (Å²) in [6.45, 7) is 4.60. The molecule has 8 heteroatoms. The zero-order valence-electron chi connectivity index (χ0n) is 17.8. The molecule has 5 nitrogen and oxygen atoms in total. The quantitative estimate of drug-likeness (QED) is 0.774. The van der Waals surface area contributed by atoms with E-state index in [-0.39, 0.29) is 5.75 Å². The average Bonchev–Trinajstić information content (AvgIpc) is 3.44. The van der Waals surface area contributed by atoms with Crippen LogP contribution >= 0.6 is 0 Å². The fourth-order valence-electron chi connectivity index (χ4n) is 5.28. The number of aromatic nitrogens is 2. The minimum atomic E-state index is -4.50. The minimum Gasteiger partial charge on any atom is -0.507 e. The lowest BCUT2D eigenvalue weighted by molar-refractivity contribution is -0.137. The highest BCUT2D eigenvalue weighted by atomic mass is 19.4. The van der Waals surface area contributed by atoms with Gasteiger partial charge in [-0.2, -0.15) is 13.2 Å². The summed E-state index contributed by atoms with van der Waals surface area (Å²) in [5.74, 6) is 0.886. The fourth-order valence-corrected chi connectivity index (χ4v) is 5.28.